The number of amides is 1. The zero-order valence-corrected chi connectivity index (χ0v) is 15.0. The number of nitrogens with one attached hydrogen (secondary N) is 2. The highest BCUT2D eigenvalue weighted by molar-refractivity contribution is 7.89. The van der Waals surface area contributed by atoms with Crippen molar-refractivity contribution in [1.29, 1.82) is 0 Å². The molecule has 0 saturated carbocycles. The van der Waals surface area contributed by atoms with Crippen molar-refractivity contribution in [3.05, 3.63) is 60.2 Å². The maximum absolute atomic E-state index is 12.3. The number of sulfonamides is 1. The smallest absolute Gasteiger partial charge is 0.303 e. The lowest BCUT2D eigenvalue weighted by Gasteiger charge is -2.08. The third-order valence-corrected chi connectivity index (χ3v) is 4.95. The van der Waals surface area contributed by atoms with Crippen molar-refractivity contribution in [2.24, 2.45) is 0 Å². The zero-order valence-electron chi connectivity index (χ0n) is 14.2. The topological polar surface area (TPSA) is 130 Å². The van der Waals surface area contributed by atoms with E-state index in [1.54, 1.807) is 30.3 Å². The molecule has 0 heterocycles. The maximum atomic E-state index is 12.3. The largest absolute Gasteiger partial charge is 0.481 e. The first kappa shape index (κ1) is 20.3. The second-order valence-corrected chi connectivity index (χ2v) is 7.35. The Morgan fingerprint density at radius 2 is 1.52 bits per heavy atom. The Kier molecular flexibility index (Phi) is 6.80. The lowest BCUT2D eigenvalue weighted by molar-refractivity contribution is -0.138. The molecule has 0 spiro atoms. The third kappa shape index (κ3) is 6.32. The number of hydrogen-bond acceptors (Lipinski definition) is 5. The molecule has 8 nitrogen and oxygen atoms in total. The molecule has 2 rings (SSSR count). The minimum Gasteiger partial charge on any atom is -0.481 e. The van der Waals surface area contributed by atoms with Crippen molar-refractivity contribution in [2.75, 3.05) is 11.9 Å². The summed E-state index contributed by atoms with van der Waals surface area (Å²) >= 11 is 0. The summed E-state index contributed by atoms with van der Waals surface area (Å²) in [6.07, 6.45) is -0.476. The summed E-state index contributed by atoms with van der Waals surface area (Å²) in [5, 5.41) is 11.0. The third-order valence-electron chi connectivity index (χ3n) is 3.53. The van der Waals surface area contributed by atoms with E-state index < -0.39 is 21.9 Å². The van der Waals surface area contributed by atoms with Gasteiger partial charge in [0.25, 0.3) is 0 Å². The average molecular weight is 390 g/mol. The van der Waals surface area contributed by atoms with Gasteiger partial charge < -0.3 is 10.4 Å². The number of anilines is 1. The van der Waals surface area contributed by atoms with E-state index in [-0.39, 0.29) is 30.1 Å². The summed E-state index contributed by atoms with van der Waals surface area (Å²) in [5.41, 5.74) is 0.740. The second-order valence-electron chi connectivity index (χ2n) is 5.58. The van der Waals surface area contributed by atoms with Crippen LogP contribution in [0.15, 0.2) is 59.5 Å². The summed E-state index contributed by atoms with van der Waals surface area (Å²) in [6, 6.07) is 13.6. The highest BCUT2D eigenvalue weighted by atomic mass is 32.2. The number of carboxylic acids is 1. The van der Waals surface area contributed by atoms with Crippen molar-refractivity contribution in [3.8, 4) is 0 Å². The minimum atomic E-state index is -3.89. The first-order valence-electron chi connectivity index (χ1n) is 7.97. The van der Waals surface area contributed by atoms with Gasteiger partial charge in [-0.15, -0.1) is 0 Å². The van der Waals surface area contributed by atoms with E-state index in [0.717, 1.165) is 0 Å². The van der Waals surface area contributed by atoms with Crippen LogP contribution in [-0.2, 0) is 19.6 Å². The summed E-state index contributed by atoms with van der Waals surface area (Å²) in [4.78, 5) is 33.9. The highest BCUT2D eigenvalue weighted by Gasteiger charge is 2.16. The number of carbonyl (C=O) groups is 3. The summed E-state index contributed by atoms with van der Waals surface area (Å²) in [5.74, 6) is -1.93. The molecular weight excluding hydrogens is 372 g/mol. The number of ketones is 1. The molecule has 1 amide bonds. The van der Waals surface area contributed by atoms with Gasteiger partial charge in [0.1, 0.15) is 0 Å². The maximum Gasteiger partial charge on any atom is 0.303 e. The monoisotopic (exact) mass is 390 g/mol. The van der Waals surface area contributed by atoms with E-state index in [0.29, 0.717) is 11.3 Å². The van der Waals surface area contributed by atoms with E-state index in [1.807, 2.05) is 0 Å². The van der Waals surface area contributed by atoms with Gasteiger partial charge in [0.2, 0.25) is 15.9 Å². The molecule has 0 radical (unpaired) electrons. The van der Waals surface area contributed by atoms with E-state index in [1.165, 1.54) is 24.3 Å². The molecule has 0 aromatic heterocycles. The number of Topliss-reactive ketones (excluding diaryl/α,β-unsaturated/α-hetero) is 1. The second kappa shape index (κ2) is 9.06. The SMILES string of the molecule is O=C(O)CCC(=O)Nc1ccc(S(=O)(=O)NCC(=O)c2ccccc2)cc1. The van der Waals surface area contributed by atoms with Gasteiger partial charge in [0.15, 0.2) is 5.78 Å². The summed E-state index contributed by atoms with van der Waals surface area (Å²) < 4.78 is 26.8. The summed E-state index contributed by atoms with van der Waals surface area (Å²) in [6.45, 7) is -0.375. The van der Waals surface area contributed by atoms with Crippen LogP contribution in [0.3, 0.4) is 0 Å². The van der Waals surface area contributed by atoms with Gasteiger partial charge in [-0.1, -0.05) is 30.3 Å². The molecule has 0 saturated heterocycles. The van der Waals surface area contributed by atoms with Crippen molar-refractivity contribution in [1.82, 2.24) is 4.72 Å². The first-order chi connectivity index (χ1) is 12.8. The van der Waals surface area contributed by atoms with E-state index in [4.69, 9.17) is 5.11 Å². The van der Waals surface area contributed by atoms with Crippen LogP contribution in [0.25, 0.3) is 0 Å². The van der Waals surface area contributed by atoms with Gasteiger partial charge >= 0.3 is 5.97 Å². The zero-order chi connectivity index (χ0) is 19.9. The van der Waals surface area contributed by atoms with Crippen LogP contribution in [0.5, 0.6) is 0 Å². The standard InChI is InChI=1S/C18H18N2O6S/c21-16(13-4-2-1-3-5-13)12-19-27(25,26)15-8-6-14(7-9-15)20-17(22)10-11-18(23)24/h1-9,19H,10-12H2,(H,20,22)(H,23,24). The van der Waals surface area contributed by atoms with E-state index >= 15 is 0 Å². The lowest BCUT2D eigenvalue weighted by atomic mass is 10.1. The number of carboxylic acid groups (broad SMARTS) is 1. The molecule has 2 aromatic carbocycles. The lowest BCUT2D eigenvalue weighted by Crippen LogP contribution is -2.29. The average Bonchev–Trinajstić information content (AvgIpc) is 2.65. The van der Waals surface area contributed by atoms with Crippen molar-refractivity contribution >= 4 is 33.4 Å². The van der Waals surface area contributed by atoms with Gasteiger partial charge in [-0.05, 0) is 24.3 Å². The number of aliphatic carboxylic acids is 1. The van der Waals surface area contributed by atoms with Crippen LogP contribution in [0.1, 0.15) is 23.2 Å². The van der Waals surface area contributed by atoms with Gasteiger partial charge in [-0.3, -0.25) is 14.4 Å². The predicted octanol–water partition coefficient (Wildman–Crippen LogP) is 1.65. The van der Waals surface area contributed by atoms with Gasteiger partial charge in [-0.25, -0.2) is 13.1 Å². The molecule has 9 heteroatoms. The van der Waals surface area contributed by atoms with Crippen LogP contribution >= 0.6 is 0 Å². The van der Waals surface area contributed by atoms with Crippen LogP contribution in [0.2, 0.25) is 0 Å². The van der Waals surface area contributed by atoms with Crippen molar-refractivity contribution in [2.45, 2.75) is 17.7 Å². The molecule has 0 aliphatic carbocycles. The molecule has 0 unspecified atom stereocenters. The summed E-state index contributed by atoms with van der Waals surface area (Å²) in [7, 11) is -3.89. The molecular formula is C18H18N2O6S. The van der Waals surface area contributed by atoms with Gasteiger partial charge in [0, 0.05) is 17.7 Å². The first-order valence-corrected chi connectivity index (χ1v) is 9.46. The van der Waals surface area contributed by atoms with Gasteiger partial charge in [0.05, 0.1) is 17.9 Å². The Bertz CT molecular complexity index is 924. The molecule has 142 valence electrons. The van der Waals surface area contributed by atoms with E-state index in [2.05, 4.69) is 10.0 Å². The molecule has 27 heavy (non-hydrogen) atoms. The molecule has 0 bridgehead atoms. The van der Waals surface area contributed by atoms with Gasteiger partial charge in [-0.2, -0.15) is 0 Å². The van der Waals surface area contributed by atoms with Crippen LogP contribution < -0.4 is 10.0 Å². The van der Waals surface area contributed by atoms with Crippen molar-refractivity contribution in [3.63, 3.8) is 0 Å². The fraction of sp³-hybridized carbons (Fsp3) is 0.167. The number of carbonyl (C=O) groups excluding carboxylic acids is 2. The number of benzene rings is 2. The Morgan fingerprint density at radius 1 is 0.889 bits per heavy atom. The van der Waals surface area contributed by atoms with Crippen molar-refractivity contribution < 1.29 is 27.9 Å². The Hall–Kier alpha value is -3.04. The van der Waals surface area contributed by atoms with Crippen LogP contribution in [-0.4, -0.2) is 37.7 Å². The number of rotatable bonds is 9. The Labute approximate surface area is 156 Å². The minimum absolute atomic E-state index is 0.0631. The highest BCUT2D eigenvalue weighted by Crippen LogP contribution is 2.14. The Balaban J connectivity index is 1.95. The molecule has 0 aliphatic heterocycles. The fourth-order valence-electron chi connectivity index (χ4n) is 2.13. The molecule has 0 atom stereocenters. The quantitative estimate of drug-likeness (QED) is 0.558. The molecule has 0 fully saturated rings. The molecule has 0 aliphatic rings. The predicted molar refractivity (Wildman–Crippen MR) is 97.9 cm³/mol. The molecule has 3 N–H and O–H groups in total. The van der Waals surface area contributed by atoms with Crippen LogP contribution in [0.4, 0.5) is 5.69 Å². The number of hydrogen-bond donors (Lipinski definition) is 3. The fourth-order valence-corrected chi connectivity index (χ4v) is 3.11. The van der Waals surface area contributed by atoms with Crippen LogP contribution in [0, 0.1) is 0 Å². The molecule has 2 aromatic rings. The Morgan fingerprint density at radius 3 is 2.11 bits per heavy atom. The van der Waals surface area contributed by atoms with E-state index in [9.17, 15) is 22.8 Å². The normalized spacial score (nSPS) is 11.0.